The first-order chi connectivity index (χ1) is 6.69. The van der Waals surface area contributed by atoms with Gasteiger partial charge in [0.15, 0.2) is 0 Å². The summed E-state index contributed by atoms with van der Waals surface area (Å²) in [6.45, 7) is 2.44. The molecule has 3 N–H and O–H groups in total. The van der Waals surface area contributed by atoms with Gasteiger partial charge in [0.25, 0.3) is 0 Å². The maximum atomic E-state index is 5.60. The van der Waals surface area contributed by atoms with Gasteiger partial charge < -0.3 is 16.0 Å². The van der Waals surface area contributed by atoms with Crippen LogP contribution in [0, 0.1) is 12.5 Å². The molecule has 0 aliphatic carbocycles. The van der Waals surface area contributed by atoms with Crippen molar-refractivity contribution in [2.24, 2.45) is 5.73 Å². The van der Waals surface area contributed by atoms with E-state index < -0.39 is 0 Å². The summed E-state index contributed by atoms with van der Waals surface area (Å²) in [7, 11) is 1.96. The Hall–Kier alpha value is -1.66. The molecule has 0 saturated carbocycles. The second-order valence-corrected chi connectivity index (χ2v) is 3.15. The van der Waals surface area contributed by atoms with Gasteiger partial charge in [0.05, 0.1) is 11.4 Å². The third-order valence-electron chi connectivity index (χ3n) is 2.04. The number of nitrogens with one attached hydrogen (secondary N) is 1. The molecule has 1 aliphatic rings. The second-order valence-electron chi connectivity index (χ2n) is 3.15. The summed E-state index contributed by atoms with van der Waals surface area (Å²) in [4.78, 5) is 1.99. The van der Waals surface area contributed by atoms with Crippen LogP contribution in [0.15, 0.2) is 35.3 Å². The van der Waals surface area contributed by atoms with E-state index in [9.17, 15) is 0 Å². The van der Waals surface area contributed by atoms with Gasteiger partial charge in [-0.3, -0.25) is 0 Å². The minimum Gasteiger partial charge on any atom is -0.350 e. The van der Waals surface area contributed by atoms with E-state index in [4.69, 9.17) is 12.2 Å². The molecule has 0 amide bonds. The minimum absolute atomic E-state index is 0.404. The molecule has 74 valence electrons. The molecule has 0 bridgehead atoms. The molecule has 1 heterocycles. The van der Waals surface area contributed by atoms with Crippen molar-refractivity contribution < 1.29 is 0 Å². The van der Waals surface area contributed by atoms with Gasteiger partial charge in [-0.25, -0.2) is 0 Å². The topological polar surface area (TPSA) is 41.3 Å². The molecule has 0 atom stereocenters. The molecule has 1 aliphatic heterocycles. The molecule has 0 aromatic rings. The van der Waals surface area contributed by atoms with Gasteiger partial charge in [0.2, 0.25) is 0 Å². The predicted molar refractivity (Wildman–Crippen MR) is 58.7 cm³/mol. The van der Waals surface area contributed by atoms with Crippen LogP contribution >= 0.6 is 0 Å². The highest BCUT2D eigenvalue weighted by Crippen LogP contribution is 2.16. The SMILES string of the molecule is C#CN/C(CN)=C1/C=C(C)C=CN1C. The van der Waals surface area contributed by atoms with Crippen molar-refractivity contribution in [3.05, 3.63) is 35.3 Å². The lowest BCUT2D eigenvalue weighted by Gasteiger charge is -2.22. The van der Waals surface area contributed by atoms with E-state index in [1.165, 1.54) is 5.57 Å². The summed E-state index contributed by atoms with van der Waals surface area (Å²) in [6.07, 6.45) is 11.3. The van der Waals surface area contributed by atoms with Gasteiger partial charge >= 0.3 is 0 Å². The molecule has 0 aromatic heterocycles. The van der Waals surface area contributed by atoms with E-state index in [0.717, 1.165) is 11.4 Å². The third-order valence-corrected chi connectivity index (χ3v) is 2.04. The molecule has 0 unspecified atom stereocenters. The Morgan fingerprint density at radius 1 is 1.71 bits per heavy atom. The summed E-state index contributed by atoms with van der Waals surface area (Å²) < 4.78 is 0. The van der Waals surface area contributed by atoms with E-state index in [1.807, 2.05) is 37.2 Å². The predicted octanol–water partition coefficient (Wildman–Crippen LogP) is 0.742. The quantitative estimate of drug-likeness (QED) is 0.497. The van der Waals surface area contributed by atoms with E-state index in [-0.39, 0.29) is 0 Å². The molecule has 3 heteroatoms. The number of likely N-dealkylation sites (N-methyl/N-ethyl adjacent to an activating group) is 1. The van der Waals surface area contributed by atoms with Crippen LogP contribution in [0.1, 0.15) is 6.92 Å². The lowest BCUT2D eigenvalue weighted by atomic mass is 10.1. The lowest BCUT2D eigenvalue weighted by Crippen LogP contribution is -2.24. The van der Waals surface area contributed by atoms with Crippen LogP contribution in [0.2, 0.25) is 0 Å². The van der Waals surface area contributed by atoms with Crippen LogP contribution in [0.25, 0.3) is 0 Å². The monoisotopic (exact) mass is 189 g/mol. The molecule has 0 spiro atoms. The molecule has 0 aromatic carbocycles. The third kappa shape index (κ3) is 2.18. The number of terminal acetylenes is 1. The number of hydrogen-bond acceptors (Lipinski definition) is 3. The van der Waals surface area contributed by atoms with E-state index in [0.29, 0.717) is 6.54 Å². The Kier molecular flexibility index (Phi) is 3.38. The molecule has 0 saturated heterocycles. The fraction of sp³-hybridized carbons (Fsp3) is 0.273. The van der Waals surface area contributed by atoms with Gasteiger partial charge in [-0.05, 0) is 24.6 Å². The first kappa shape index (κ1) is 10.4. The zero-order valence-electron chi connectivity index (χ0n) is 8.54. The Balaban J connectivity index is 3.04. The number of hydrogen-bond donors (Lipinski definition) is 2. The largest absolute Gasteiger partial charge is 0.350 e. The first-order valence-electron chi connectivity index (χ1n) is 4.43. The first-order valence-corrected chi connectivity index (χ1v) is 4.43. The van der Waals surface area contributed by atoms with Gasteiger partial charge in [-0.2, -0.15) is 0 Å². The van der Waals surface area contributed by atoms with Crippen LogP contribution in [0.4, 0.5) is 0 Å². The second kappa shape index (κ2) is 4.54. The van der Waals surface area contributed by atoms with E-state index in [1.54, 1.807) is 0 Å². The fourth-order valence-corrected chi connectivity index (χ4v) is 1.28. The highest BCUT2D eigenvalue weighted by atomic mass is 15.1. The zero-order valence-corrected chi connectivity index (χ0v) is 8.54. The molecule has 14 heavy (non-hydrogen) atoms. The lowest BCUT2D eigenvalue weighted by molar-refractivity contribution is 0.566. The highest BCUT2D eigenvalue weighted by Gasteiger charge is 2.09. The van der Waals surface area contributed by atoms with Gasteiger partial charge in [0.1, 0.15) is 0 Å². The molecule has 0 fully saturated rings. The molecule has 3 nitrogen and oxygen atoms in total. The standard InChI is InChI=1S/C11H15N3/c1-4-13-10(8-12)11-7-9(2)5-6-14(11)3/h1,5-7,13H,8,12H2,2-3H3/b11-10-. The number of allylic oxidation sites excluding steroid dienone is 3. The van der Waals surface area contributed by atoms with Crippen LogP contribution in [0.5, 0.6) is 0 Å². The maximum absolute atomic E-state index is 5.60. The van der Waals surface area contributed by atoms with Crippen molar-refractivity contribution in [3.63, 3.8) is 0 Å². The van der Waals surface area contributed by atoms with Crippen LogP contribution in [-0.2, 0) is 0 Å². The Labute approximate surface area is 85.0 Å². The molecular weight excluding hydrogens is 174 g/mol. The van der Waals surface area contributed by atoms with Crippen molar-refractivity contribution in [2.45, 2.75) is 6.92 Å². The Bertz CT molecular complexity index is 342. The maximum Gasteiger partial charge on any atom is 0.0621 e. The smallest absolute Gasteiger partial charge is 0.0621 e. The van der Waals surface area contributed by atoms with Crippen LogP contribution < -0.4 is 11.1 Å². The highest BCUT2D eigenvalue weighted by molar-refractivity contribution is 5.37. The van der Waals surface area contributed by atoms with Crippen LogP contribution in [0.3, 0.4) is 0 Å². The Morgan fingerprint density at radius 2 is 2.43 bits per heavy atom. The average molecular weight is 189 g/mol. The normalized spacial score (nSPS) is 18.7. The van der Waals surface area contributed by atoms with Crippen molar-refractivity contribution in [1.29, 1.82) is 0 Å². The van der Waals surface area contributed by atoms with Crippen molar-refractivity contribution in [3.8, 4) is 12.5 Å². The van der Waals surface area contributed by atoms with Crippen molar-refractivity contribution in [1.82, 2.24) is 10.2 Å². The van der Waals surface area contributed by atoms with Crippen molar-refractivity contribution in [2.75, 3.05) is 13.6 Å². The number of rotatable bonds is 2. The summed E-state index contributed by atoms with van der Waals surface area (Å²) in [5.41, 5.74) is 8.66. The fourth-order valence-electron chi connectivity index (χ4n) is 1.28. The molecule has 1 rings (SSSR count). The van der Waals surface area contributed by atoms with Gasteiger partial charge in [-0.15, -0.1) is 0 Å². The molecule has 0 radical (unpaired) electrons. The van der Waals surface area contributed by atoms with Crippen molar-refractivity contribution >= 4 is 0 Å². The van der Waals surface area contributed by atoms with Gasteiger partial charge in [-0.1, -0.05) is 6.42 Å². The van der Waals surface area contributed by atoms with Crippen LogP contribution in [-0.4, -0.2) is 18.5 Å². The Morgan fingerprint density at radius 3 is 3.00 bits per heavy atom. The zero-order chi connectivity index (χ0) is 10.6. The number of nitrogens with zero attached hydrogens (tertiary/aromatic N) is 1. The summed E-state index contributed by atoms with van der Waals surface area (Å²) in [5, 5.41) is 2.82. The summed E-state index contributed by atoms with van der Waals surface area (Å²) in [5.74, 6) is 0. The minimum atomic E-state index is 0.404. The van der Waals surface area contributed by atoms with Gasteiger partial charge in [0, 0.05) is 25.8 Å². The number of nitrogens with two attached hydrogens (primary N) is 1. The van der Waals surface area contributed by atoms with E-state index in [2.05, 4.69) is 11.4 Å². The van der Waals surface area contributed by atoms with E-state index >= 15 is 0 Å². The molecular formula is C11H15N3. The summed E-state index contributed by atoms with van der Waals surface area (Å²) in [6, 6.07) is 2.38. The summed E-state index contributed by atoms with van der Waals surface area (Å²) >= 11 is 0. The average Bonchev–Trinajstić information content (AvgIpc) is 2.18.